The molecule has 2 rings (SSSR count). The van der Waals surface area contributed by atoms with Crippen LogP contribution in [0.3, 0.4) is 0 Å². The van der Waals surface area contributed by atoms with Crippen LogP contribution in [0.4, 0.5) is 11.4 Å². The van der Waals surface area contributed by atoms with Gasteiger partial charge in [0.2, 0.25) is 11.8 Å². The quantitative estimate of drug-likeness (QED) is 0.446. The number of carbonyl (C=O) groups excluding carboxylic acids is 2. The third-order valence-electron chi connectivity index (χ3n) is 3.25. The first-order valence-corrected chi connectivity index (χ1v) is 8.92. The zero-order valence-corrected chi connectivity index (χ0v) is 15.4. The number of aromatic nitrogens is 3. The van der Waals surface area contributed by atoms with Crippen molar-refractivity contribution >= 4 is 35.0 Å². The predicted molar refractivity (Wildman–Crippen MR) is 99.4 cm³/mol. The van der Waals surface area contributed by atoms with Crippen molar-refractivity contribution in [1.29, 1.82) is 0 Å². The summed E-state index contributed by atoms with van der Waals surface area (Å²) in [5, 5.41) is 12.2. The first-order valence-electron chi connectivity index (χ1n) is 7.94. The molecule has 0 atom stereocenters. The van der Waals surface area contributed by atoms with E-state index in [0.29, 0.717) is 36.1 Å². The Hall–Kier alpha value is -2.59. The average molecular weight is 379 g/mol. The third-order valence-corrected chi connectivity index (χ3v) is 4.23. The summed E-state index contributed by atoms with van der Waals surface area (Å²) in [6.45, 7) is 2.41. The van der Waals surface area contributed by atoms with Crippen molar-refractivity contribution in [2.24, 2.45) is 0 Å². The number of nitrogens with one attached hydrogen (secondary N) is 3. The van der Waals surface area contributed by atoms with Gasteiger partial charge in [-0.1, -0.05) is 17.8 Å². The molecule has 9 nitrogen and oxygen atoms in total. The molecule has 140 valence electrons. The van der Waals surface area contributed by atoms with Crippen LogP contribution in [0, 0.1) is 0 Å². The smallest absolute Gasteiger partial charge is 0.343 e. The van der Waals surface area contributed by atoms with Gasteiger partial charge in [-0.2, -0.15) is 0 Å². The molecule has 26 heavy (non-hydrogen) atoms. The lowest BCUT2D eigenvalue weighted by atomic mass is 10.2. The highest BCUT2D eigenvalue weighted by molar-refractivity contribution is 7.99. The van der Waals surface area contributed by atoms with E-state index in [1.807, 2.05) is 0 Å². The summed E-state index contributed by atoms with van der Waals surface area (Å²) in [7, 11) is 1.60. The Kier molecular flexibility index (Phi) is 7.42. The van der Waals surface area contributed by atoms with Gasteiger partial charge in [0.25, 0.3) is 0 Å². The van der Waals surface area contributed by atoms with Gasteiger partial charge in [-0.25, -0.2) is 9.89 Å². The molecule has 1 heterocycles. The fourth-order valence-corrected chi connectivity index (χ4v) is 2.96. The van der Waals surface area contributed by atoms with Crippen LogP contribution in [-0.2, 0) is 20.9 Å². The number of benzene rings is 1. The summed E-state index contributed by atoms with van der Waals surface area (Å²) in [5.74, 6) is -0.332. The van der Waals surface area contributed by atoms with Gasteiger partial charge in [0.15, 0.2) is 5.16 Å². The number of H-pyrrole nitrogens is 1. The lowest BCUT2D eigenvalue weighted by Crippen LogP contribution is -2.19. The molecule has 1 aromatic carbocycles. The number of rotatable bonds is 9. The summed E-state index contributed by atoms with van der Waals surface area (Å²) in [6.07, 6.45) is 0.672. The van der Waals surface area contributed by atoms with Gasteiger partial charge in [-0.05, 0) is 24.6 Å². The van der Waals surface area contributed by atoms with E-state index in [2.05, 4.69) is 20.8 Å². The molecule has 0 radical (unpaired) electrons. The number of methoxy groups -OCH3 is 1. The molecule has 0 aliphatic heterocycles. The molecular formula is C16H21N5O4S. The number of nitrogens with zero attached hydrogens (tertiary/aromatic N) is 2. The van der Waals surface area contributed by atoms with E-state index >= 15 is 0 Å². The van der Waals surface area contributed by atoms with Gasteiger partial charge in [-0.15, -0.1) is 5.10 Å². The summed E-state index contributed by atoms with van der Waals surface area (Å²) in [5.41, 5.74) is 0.857. The highest BCUT2D eigenvalue weighted by atomic mass is 32.2. The van der Waals surface area contributed by atoms with E-state index in [9.17, 15) is 14.4 Å². The SMILES string of the molecule is COCCCn1c(SCC(=O)Nc2cccc(NC(C)=O)c2)n[nH]c1=O. The van der Waals surface area contributed by atoms with E-state index in [0.717, 1.165) is 0 Å². The van der Waals surface area contributed by atoms with Crippen LogP contribution >= 0.6 is 11.8 Å². The maximum atomic E-state index is 12.1. The normalized spacial score (nSPS) is 10.5. The molecule has 2 amide bonds. The number of ether oxygens (including phenoxy) is 1. The van der Waals surface area contributed by atoms with Crippen LogP contribution in [-0.4, -0.2) is 46.0 Å². The molecule has 2 aromatic rings. The van der Waals surface area contributed by atoms with E-state index in [4.69, 9.17) is 4.74 Å². The second-order valence-electron chi connectivity index (χ2n) is 5.41. The van der Waals surface area contributed by atoms with Crippen molar-refractivity contribution in [3.8, 4) is 0 Å². The van der Waals surface area contributed by atoms with Crippen molar-refractivity contribution in [3.63, 3.8) is 0 Å². The monoisotopic (exact) mass is 379 g/mol. The second kappa shape index (κ2) is 9.78. The van der Waals surface area contributed by atoms with Crippen LogP contribution in [0.25, 0.3) is 0 Å². The molecule has 0 aliphatic rings. The zero-order chi connectivity index (χ0) is 18.9. The topological polar surface area (TPSA) is 118 Å². The zero-order valence-electron chi connectivity index (χ0n) is 14.6. The van der Waals surface area contributed by atoms with E-state index in [1.54, 1.807) is 31.4 Å². The number of aromatic amines is 1. The first-order chi connectivity index (χ1) is 12.5. The largest absolute Gasteiger partial charge is 0.385 e. The van der Waals surface area contributed by atoms with Gasteiger partial charge in [-0.3, -0.25) is 14.2 Å². The summed E-state index contributed by atoms with van der Waals surface area (Å²) >= 11 is 1.17. The third kappa shape index (κ3) is 6.05. The number of amides is 2. The number of anilines is 2. The minimum absolute atomic E-state index is 0.0962. The van der Waals surface area contributed by atoms with Crippen LogP contribution in [0.1, 0.15) is 13.3 Å². The van der Waals surface area contributed by atoms with Crippen molar-refractivity contribution in [2.75, 3.05) is 30.1 Å². The Balaban J connectivity index is 1.91. The van der Waals surface area contributed by atoms with Crippen molar-refractivity contribution in [3.05, 3.63) is 34.7 Å². The Bertz CT molecular complexity index is 817. The maximum Gasteiger partial charge on any atom is 0.343 e. The number of carbonyl (C=O) groups is 2. The van der Waals surface area contributed by atoms with Gasteiger partial charge < -0.3 is 15.4 Å². The van der Waals surface area contributed by atoms with E-state index < -0.39 is 0 Å². The minimum atomic E-state index is -0.313. The van der Waals surface area contributed by atoms with Crippen LogP contribution in [0.5, 0.6) is 0 Å². The Morgan fingerprint density at radius 1 is 1.31 bits per heavy atom. The van der Waals surface area contributed by atoms with Gasteiger partial charge in [0, 0.05) is 38.6 Å². The molecule has 0 unspecified atom stereocenters. The lowest BCUT2D eigenvalue weighted by molar-refractivity contribution is -0.114. The number of hydrogen-bond acceptors (Lipinski definition) is 6. The molecule has 0 saturated carbocycles. The van der Waals surface area contributed by atoms with Crippen molar-refractivity contribution in [2.45, 2.75) is 25.0 Å². The fraction of sp³-hybridized carbons (Fsp3) is 0.375. The Labute approximate surface area is 154 Å². The minimum Gasteiger partial charge on any atom is -0.385 e. The van der Waals surface area contributed by atoms with Crippen LogP contribution < -0.4 is 16.3 Å². The Morgan fingerprint density at radius 2 is 2.04 bits per heavy atom. The molecule has 0 saturated heterocycles. The molecule has 0 bridgehead atoms. The van der Waals surface area contributed by atoms with Gasteiger partial charge >= 0.3 is 5.69 Å². The predicted octanol–water partition coefficient (Wildman–Crippen LogP) is 1.30. The number of hydrogen-bond donors (Lipinski definition) is 3. The molecule has 0 fully saturated rings. The van der Waals surface area contributed by atoms with Crippen LogP contribution in [0.2, 0.25) is 0 Å². The molecular weight excluding hydrogens is 358 g/mol. The van der Waals surface area contributed by atoms with E-state index in [-0.39, 0.29) is 23.3 Å². The van der Waals surface area contributed by atoms with Crippen molar-refractivity contribution < 1.29 is 14.3 Å². The first kappa shape index (κ1) is 19.7. The molecule has 3 N–H and O–H groups in total. The maximum absolute atomic E-state index is 12.1. The van der Waals surface area contributed by atoms with Gasteiger partial charge in [0.05, 0.1) is 5.75 Å². The van der Waals surface area contributed by atoms with Crippen molar-refractivity contribution in [1.82, 2.24) is 14.8 Å². The van der Waals surface area contributed by atoms with Gasteiger partial charge in [0.1, 0.15) is 0 Å². The summed E-state index contributed by atoms with van der Waals surface area (Å²) in [6, 6.07) is 6.85. The Morgan fingerprint density at radius 3 is 2.73 bits per heavy atom. The molecule has 1 aromatic heterocycles. The average Bonchev–Trinajstić information content (AvgIpc) is 2.93. The highest BCUT2D eigenvalue weighted by Gasteiger charge is 2.11. The van der Waals surface area contributed by atoms with E-state index in [1.165, 1.54) is 23.3 Å². The standard InChI is InChI=1S/C16H21N5O4S/c1-11(22)17-12-5-3-6-13(9-12)18-14(23)10-26-16-20-19-15(24)21(16)7-4-8-25-2/h3,5-6,9H,4,7-8,10H2,1-2H3,(H,17,22)(H,18,23)(H,19,24). The molecule has 0 spiro atoms. The number of thioether (sulfide) groups is 1. The fourth-order valence-electron chi connectivity index (χ4n) is 2.18. The highest BCUT2D eigenvalue weighted by Crippen LogP contribution is 2.17. The molecule has 10 heteroatoms. The summed E-state index contributed by atoms with van der Waals surface area (Å²) < 4.78 is 6.46. The van der Waals surface area contributed by atoms with Crippen LogP contribution in [0.15, 0.2) is 34.2 Å². The second-order valence-corrected chi connectivity index (χ2v) is 6.35. The lowest BCUT2D eigenvalue weighted by Gasteiger charge is -2.08. The summed E-state index contributed by atoms with van der Waals surface area (Å²) in [4.78, 5) is 35.0. The molecule has 0 aliphatic carbocycles.